The number of nitrogens with two attached hydrogens (primary N) is 1. The molecule has 1 aromatic rings. The van der Waals surface area contributed by atoms with Crippen LogP contribution in [0.4, 0.5) is 11.5 Å². The Bertz CT molecular complexity index is 365. The highest BCUT2D eigenvalue weighted by molar-refractivity contribution is 5.61. The zero-order valence-corrected chi connectivity index (χ0v) is 10.1. The highest BCUT2D eigenvalue weighted by Gasteiger charge is 2.14. The fourth-order valence-corrected chi connectivity index (χ4v) is 1.90. The van der Waals surface area contributed by atoms with E-state index in [9.17, 15) is 0 Å². The molecule has 1 saturated heterocycles. The van der Waals surface area contributed by atoms with Gasteiger partial charge in [0.25, 0.3) is 0 Å². The number of methoxy groups -OCH3 is 1. The maximum Gasteiger partial charge on any atom is 0.215 e. The van der Waals surface area contributed by atoms with Crippen molar-refractivity contribution in [3.8, 4) is 5.88 Å². The first-order chi connectivity index (χ1) is 8.29. The average Bonchev–Trinajstić information content (AvgIpc) is 2.39. The van der Waals surface area contributed by atoms with Crippen molar-refractivity contribution in [3.05, 3.63) is 12.1 Å². The molecule has 0 amide bonds. The molecule has 0 bridgehead atoms. The molecule has 1 aliphatic heterocycles. The molecule has 5 heteroatoms. The van der Waals surface area contributed by atoms with Gasteiger partial charge in [-0.05, 0) is 24.8 Å². The zero-order valence-electron chi connectivity index (χ0n) is 10.1. The smallest absolute Gasteiger partial charge is 0.215 e. The van der Waals surface area contributed by atoms with Gasteiger partial charge in [0.15, 0.2) is 5.82 Å². The van der Waals surface area contributed by atoms with Crippen LogP contribution in [0.25, 0.3) is 0 Å². The van der Waals surface area contributed by atoms with Crippen LogP contribution >= 0.6 is 0 Å². The number of nitrogens with zero attached hydrogens (tertiary/aromatic N) is 1. The first-order valence-electron chi connectivity index (χ1n) is 5.91. The van der Waals surface area contributed by atoms with Gasteiger partial charge in [-0.3, -0.25) is 0 Å². The number of pyridine rings is 1. The molecule has 2 rings (SSSR count). The second-order valence-corrected chi connectivity index (χ2v) is 4.23. The van der Waals surface area contributed by atoms with Crippen LogP contribution in [0.5, 0.6) is 5.88 Å². The second-order valence-electron chi connectivity index (χ2n) is 4.23. The van der Waals surface area contributed by atoms with Crippen molar-refractivity contribution in [1.29, 1.82) is 0 Å². The van der Waals surface area contributed by atoms with Crippen LogP contribution in [0.1, 0.15) is 12.8 Å². The Hall–Kier alpha value is -1.49. The average molecular weight is 237 g/mol. The Morgan fingerprint density at radius 3 is 2.94 bits per heavy atom. The van der Waals surface area contributed by atoms with Crippen molar-refractivity contribution in [2.45, 2.75) is 12.8 Å². The summed E-state index contributed by atoms with van der Waals surface area (Å²) in [4.78, 5) is 4.29. The lowest BCUT2D eigenvalue weighted by Crippen LogP contribution is -2.23. The molecule has 1 fully saturated rings. The molecule has 0 atom stereocenters. The number of hydrogen-bond acceptors (Lipinski definition) is 5. The van der Waals surface area contributed by atoms with Crippen LogP contribution in [-0.4, -0.2) is 31.9 Å². The first kappa shape index (κ1) is 12.0. The largest absolute Gasteiger partial charge is 0.481 e. The Kier molecular flexibility index (Phi) is 4.03. The third kappa shape index (κ3) is 3.23. The highest BCUT2D eigenvalue weighted by Crippen LogP contribution is 2.21. The summed E-state index contributed by atoms with van der Waals surface area (Å²) in [7, 11) is 1.60. The molecule has 1 aromatic heterocycles. The normalized spacial score (nSPS) is 16.8. The van der Waals surface area contributed by atoms with Gasteiger partial charge in [0.2, 0.25) is 5.88 Å². The number of rotatable bonds is 4. The lowest BCUT2D eigenvalue weighted by Gasteiger charge is -2.22. The SMILES string of the molecule is COc1ccc(N)c(NCC2CCOCC2)n1. The van der Waals surface area contributed by atoms with Crippen molar-refractivity contribution in [2.24, 2.45) is 5.92 Å². The topological polar surface area (TPSA) is 69.4 Å². The molecule has 0 aliphatic carbocycles. The van der Waals surface area contributed by atoms with Gasteiger partial charge in [0.05, 0.1) is 12.8 Å². The third-order valence-electron chi connectivity index (χ3n) is 3.01. The molecule has 5 nitrogen and oxygen atoms in total. The van der Waals surface area contributed by atoms with Gasteiger partial charge in [0, 0.05) is 25.8 Å². The first-order valence-corrected chi connectivity index (χ1v) is 5.91. The molecule has 2 heterocycles. The lowest BCUT2D eigenvalue weighted by molar-refractivity contribution is 0.0699. The number of aromatic nitrogens is 1. The third-order valence-corrected chi connectivity index (χ3v) is 3.01. The van der Waals surface area contributed by atoms with E-state index < -0.39 is 0 Å². The number of anilines is 2. The molecule has 3 N–H and O–H groups in total. The van der Waals surface area contributed by atoms with Crippen molar-refractivity contribution in [3.63, 3.8) is 0 Å². The molecule has 0 unspecified atom stereocenters. The van der Waals surface area contributed by atoms with Crippen molar-refractivity contribution >= 4 is 11.5 Å². The van der Waals surface area contributed by atoms with E-state index in [-0.39, 0.29) is 0 Å². The van der Waals surface area contributed by atoms with Crippen molar-refractivity contribution < 1.29 is 9.47 Å². The fourth-order valence-electron chi connectivity index (χ4n) is 1.90. The van der Waals surface area contributed by atoms with Gasteiger partial charge in [0.1, 0.15) is 0 Å². The summed E-state index contributed by atoms with van der Waals surface area (Å²) in [6.07, 6.45) is 2.19. The monoisotopic (exact) mass is 237 g/mol. The summed E-state index contributed by atoms with van der Waals surface area (Å²) < 4.78 is 10.4. The molecule has 17 heavy (non-hydrogen) atoms. The summed E-state index contributed by atoms with van der Waals surface area (Å²) in [5.41, 5.74) is 6.51. The quantitative estimate of drug-likeness (QED) is 0.830. The van der Waals surface area contributed by atoms with Crippen LogP contribution in [0, 0.1) is 5.92 Å². The van der Waals surface area contributed by atoms with Gasteiger partial charge in [-0.2, -0.15) is 4.98 Å². The van der Waals surface area contributed by atoms with E-state index in [1.807, 2.05) is 0 Å². The van der Waals surface area contributed by atoms with E-state index in [0.717, 1.165) is 32.6 Å². The standard InChI is InChI=1S/C12H19N3O2/c1-16-11-3-2-10(13)12(15-11)14-8-9-4-6-17-7-5-9/h2-3,9H,4-8,13H2,1H3,(H,14,15). The maximum absolute atomic E-state index is 5.85. The number of ether oxygens (including phenoxy) is 2. The van der Waals surface area contributed by atoms with Gasteiger partial charge < -0.3 is 20.5 Å². The minimum Gasteiger partial charge on any atom is -0.481 e. The highest BCUT2D eigenvalue weighted by atomic mass is 16.5. The van der Waals surface area contributed by atoms with E-state index >= 15 is 0 Å². The Labute approximate surface area is 101 Å². The van der Waals surface area contributed by atoms with Gasteiger partial charge >= 0.3 is 0 Å². The number of nitrogens with one attached hydrogen (secondary N) is 1. The van der Waals surface area contributed by atoms with Crippen LogP contribution in [0.3, 0.4) is 0 Å². The van der Waals surface area contributed by atoms with E-state index in [2.05, 4.69) is 10.3 Å². The predicted molar refractivity (Wildman–Crippen MR) is 67.2 cm³/mol. The fraction of sp³-hybridized carbons (Fsp3) is 0.583. The van der Waals surface area contributed by atoms with Crippen LogP contribution in [-0.2, 0) is 4.74 Å². The minimum absolute atomic E-state index is 0.577. The molecule has 1 aliphatic rings. The molecular weight excluding hydrogens is 218 g/mol. The van der Waals surface area contributed by atoms with Gasteiger partial charge in [-0.15, -0.1) is 0 Å². The van der Waals surface area contributed by atoms with E-state index in [1.54, 1.807) is 19.2 Å². The number of nitrogen functional groups attached to an aromatic ring is 1. The molecule has 94 valence electrons. The summed E-state index contributed by atoms with van der Waals surface area (Å²) >= 11 is 0. The van der Waals surface area contributed by atoms with Crippen LogP contribution in [0.2, 0.25) is 0 Å². The second kappa shape index (κ2) is 5.72. The van der Waals surface area contributed by atoms with Crippen LogP contribution in [0.15, 0.2) is 12.1 Å². The molecular formula is C12H19N3O2. The summed E-state index contributed by atoms with van der Waals surface area (Å²) in [5, 5.41) is 3.29. The van der Waals surface area contributed by atoms with Crippen molar-refractivity contribution in [2.75, 3.05) is 37.9 Å². The van der Waals surface area contributed by atoms with E-state index in [0.29, 0.717) is 23.3 Å². The Balaban J connectivity index is 1.92. The lowest BCUT2D eigenvalue weighted by atomic mass is 10.0. The molecule has 0 aromatic carbocycles. The van der Waals surface area contributed by atoms with Crippen LogP contribution < -0.4 is 15.8 Å². The Morgan fingerprint density at radius 2 is 2.24 bits per heavy atom. The summed E-state index contributed by atoms with van der Waals surface area (Å²) in [6.45, 7) is 2.59. The number of hydrogen-bond donors (Lipinski definition) is 2. The summed E-state index contributed by atoms with van der Waals surface area (Å²) in [6, 6.07) is 3.56. The molecule has 0 radical (unpaired) electrons. The molecule has 0 saturated carbocycles. The van der Waals surface area contributed by atoms with Gasteiger partial charge in [-0.25, -0.2) is 0 Å². The van der Waals surface area contributed by atoms with E-state index in [4.69, 9.17) is 15.2 Å². The summed E-state index contributed by atoms with van der Waals surface area (Å²) in [5.74, 6) is 1.92. The Morgan fingerprint density at radius 1 is 1.47 bits per heavy atom. The minimum atomic E-state index is 0.577. The van der Waals surface area contributed by atoms with Gasteiger partial charge in [-0.1, -0.05) is 0 Å². The zero-order chi connectivity index (χ0) is 12.1. The maximum atomic E-state index is 5.85. The molecule has 0 spiro atoms. The van der Waals surface area contributed by atoms with E-state index in [1.165, 1.54) is 0 Å². The van der Waals surface area contributed by atoms with Crippen molar-refractivity contribution in [1.82, 2.24) is 4.98 Å². The predicted octanol–water partition coefficient (Wildman–Crippen LogP) is 1.51.